The molecule has 0 heterocycles. The first kappa shape index (κ1) is 15.2. The topological polar surface area (TPSA) is 116 Å². The molecule has 7 heteroatoms. The van der Waals surface area contributed by atoms with Crippen LogP contribution in [-0.2, 0) is 9.59 Å². The third-order valence-electron chi connectivity index (χ3n) is 2.24. The molecule has 0 fully saturated rings. The van der Waals surface area contributed by atoms with Crippen LogP contribution in [0.1, 0.15) is 33.1 Å². The number of amides is 2. The van der Waals surface area contributed by atoms with Crippen molar-refractivity contribution in [2.45, 2.75) is 45.2 Å². The largest absolute Gasteiger partial charge is 0.481 e. The second-order valence-corrected chi connectivity index (χ2v) is 3.75. The fourth-order valence-electron chi connectivity index (χ4n) is 1.05. The van der Waals surface area contributed by atoms with Crippen molar-refractivity contribution >= 4 is 18.0 Å². The quantitative estimate of drug-likeness (QED) is 0.519. The molecular weight excluding hydrogens is 228 g/mol. The molecule has 0 radical (unpaired) electrons. The average molecular weight is 246 g/mol. The average Bonchev–Trinajstić information content (AvgIpc) is 2.23. The summed E-state index contributed by atoms with van der Waals surface area (Å²) in [6.45, 7) is 3.66. The van der Waals surface area contributed by atoms with E-state index in [1.807, 2.05) is 6.92 Å². The van der Waals surface area contributed by atoms with Gasteiger partial charge >= 0.3 is 18.0 Å². The fourth-order valence-corrected chi connectivity index (χ4v) is 1.05. The zero-order chi connectivity index (χ0) is 13.4. The van der Waals surface area contributed by atoms with Crippen molar-refractivity contribution in [2.75, 3.05) is 0 Å². The molecule has 0 aromatic rings. The highest BCUT2D eigenvalue weighted by Gasteiger charge is 2.21. The van der Waals surface area contributed by atoms with Crippen molar-refractivity contribution < 1.29 is 24.6 Å². The Morgan fingerprint density at radius 3 is 2.18 bits per heavy atom. The zero-order valence-corrected chi connectivity index (χ0v) is 9.90. The lowest BCUT2D eigenvalue weighted by atomic mass is 10.1. The van der Waals surface area contributed by atoms with Gasteiger partial charge in [0.05, 0.1) is 0 Å². The van der Waals surface area contributed by atoms with Gasteiger partial charge in [-0.25, -0.2) is 9.59 Å². The number of nitrogens with one attached hydrogen (secondary N) is 2. The molecule has 0 saturated heterocycles. The summed E-state index contributed by atoms with van der Waals surface area (Å²) in [5, 5.41) is 22.0. The van der Waals surface area contributed by atoms with Crippen LogP contribution in [0.2, 0.25) is 0 Å². The summed E-state index contributed by atoms with van der Waals surface area (Å²) in [4.78, 5) is 32.4. The van der Waals surface area contributed by atoms with Crippen molar-refractivity contribution in [1.29, 1.82) is 0 Å². The maximum Gasteiger partial charge on any atom is 0.326 e. The van der Waals surface area contributed by atoms with Crippen LogP contribution in [0.25, 0.3) is 0 Å². The van der Waals surface area contributed by atoms with Gasteiger partial charge in [-0.3, -0.25) is 4.79 Å². The summed E-state index contributed by atoms with van der Waals surface area (Å²) in [7, 11) is 0. The predicted octanol–water partition coefficient (Wildman–Crippen LogP) is 0.402. The first-order chi connectivity index (χ1) is 7.86. The fraction of sp³-hybridized carbons (Fsp3) is 0.700. The van der Waals surface area contributed by atoms with E-state index in [9.17, 15) is 14.4 Å². The third-order valence-corrected chi connectivity index (χ3v) is 2.24. The minimum absolute atomic E-state index is 0.0658. The highest BCUT2D eigenvalue weighted by atomic mass is 16.4. The van der Waals surface area contributed by atoms with Crippen LogP contribution in [0.3, 0.4) is 0 Å². The van der Waals surface area contributed by atoms with E-state index in [1.54, 1.807) is 6.92 Å². The van der Waals surface area contributed by atoms with E-state index >= 15 is 0 Å². The van der Waals surface area contributed by atoms with Gasteiger partial charge < -0.3 is 20.8 Å². The SMILES string of the molecule is CCC(C)NC(=O)NC(CCC(=O)O)C(=O)O. The molecule has 0 aliphatic carbocycles. The summed E-state index contributed by atoms with van der Waals surface area (Å²) < 4.78 is 0. The van der Waals surface area contributed by atoms with E-state index < -0.39 is 24.0 Å². The lowest BCUT2D eigenvalue weighted by Crippen LogP contribution is -2.48. The number of aliphatic carboxylic acids is 2. The molecule has 0 saturated carbocycles. The van der Waals surface area contributed by atoms with Crippen LogP contribution in [0, 0.1) is 0 Å². The lowest BCUT2D eigenvalue weighted by molar-refractivity contribution is -0.140. The molecule has 0 aliphatic rings. The van der Waals surface area contributed by atoms with Gasteiger partial charge in [0.1, 0.15) is 6.04 Å². The highest BCUT2D eigenvalue weighted by Crippen LogP contribution is 1.98. The number of rotatable bonds is 7. The Kier molecular flexibility index (Phi) is 6.69. The van der Waals surface area contributed by atoms with Crippen LogP contribution in [0.4, 0.5) is 4.79 Å². The second-order valence-electron chi connectivity index (χ2n) is 3.75. The smallest absolute Gasteiger partial charge is 0.326 e. The molecule has 2 atom stereocenters. The number of carboxylic acids is 2. The van der Waals surface area contributed by atoms with Crippen molar-refractivity contribution in [3.63, 3.8) is 0 Å². The first-order valence-corrected chi connectivity index (χ1v) is 5.38. The normalized spacial score (nSPS) is 13.5. The minimum atomic E-state index is -1.24. The van der Waals surface area contributed by atoms with Gasteiger partial charge in [0, 0.05) is 12.5 Å². The van der Waals surface area contributed by atoms with Gasteiger partial charge in [-0.1, -0.05) is 6.92 Å². The van der Waals surface area contributed by atoms with E-state index in [4.69, 9.17) is 10.2 Å². The summed E-state index contributed by atoms with van der Waals surface area (Å²) in [5.74, 6) is -2.34. The molecule has 7 nitrogen and oxygen atoms in total. The Labute approximate surface area is 99.2 Å². The number of hydrogen-bond acceptors (Lipinski definition) is 3. The van der Waals surface area contributed by atoms with Gasteiger partial charge in [0.15, 0.2) is 0 Å². The number of hydrogen-bond donors (Lipinski definition) is 4. The molecule has 17 heavy (non-hydrogen) atoms. The predicted molar refractivity (Wildman–Crippen MR) is 59.7 cm³/mol. The molecule has 2 amide bonds. The van der Waals surface area contributed by atoms with E-state index in [1.165, 1.54) is 0 Å². The monoisotopic (exact) mass is 246 g/mol. The van der Waals surface area contributed by atoms with E-state index in [2.05, 4.69) is 10.6 Å². The maximum atomic E-state index is 11.3. The van der Waals surface area contributed by atoms with Crippen LogP contribution >= 0.6 is 0 Å². The molecule has 98 valence electrons. The first-order valence-electron chi connectivity index (χ1n) is 5.38. The summed E-state index contributed by atoms with van der Waals surface area (Å²) >= 11 is 0. The Morgan fingerprint density at radius 1 is 1.18 bits per heavy atom. The van der Waals surface area contributed by atoms with E-state index in [-0.39, 0.29) is 18.9 Å². The Morgan fingerprint density at radius 2 is 1.76 bits per heavy atom. The highest BCUT2D eigenvalue weighted by molar-refractivity contribution is 5.83. The molecule has 0 bridgehead atoms. The molecule has 2 unspecified atom stereocenters. The molecule has 0 rings (SSSR count). The summed E-state index contributed by atoms with van der Waals surface area (Å²) in [6.07, 6.45) is 0.277. The maximum absolute atomic E-state index is 11.3. The summed E-state index contributed by atoms with van der Waals surface area (Å²) in [5.41, 5.74) is 0. The third kappa shape index (κ3) is 7.15. The molecule has 0 aromatic heterocycles. The van der Waals surface area contributed by atoms with Gasteiger partial charge in [0.2, 0.25) is 0 Å². The summed E-state index contributed by atoms with van der Waals surface area (Å²) in [6, 6.07) is -1.85. The number of carbonyl (C=O) groups excluding carboxylic acids is 1. The van der Waals surface area contributed by atoms with Gasteiger partial charge in [0.25, 0.3) is 0 Å². The molecular formula is C10H18N2O5. The molecule has 0 aliphatic heterocycles. The van der Waals surface area contributed by atoms with Crippen molar-refractivity contribution in [3.8, 4) is 0 Å². The minimum Gasteiger partial charge on any atom is -0.481 e. The zero-order valence-electron chi connectivity index (χ0n) is 9.90. The van der Waals surface area contributed by atoms with E-state index in [0.29, 0.717) is 0 Å². The standard InChI is InChI=1S/C10H18N2O5/c1-3-6(2)11-10(17)12-7(9(15)16)4-5-8(13)14/h6-7H,3-5H2,1-2H3,(H,13,14)(H,15,16)(H2,11,12,17). The molecule has 0 spiro atoms. The second kappa shape index (κ2) is 7.48. The Bertz CT molecular complexity index is 292. The van der Waals surface area contributed by atoms with Crippen molar-refractivity contribution in [3.05, 3.63) is 0 Å². The number of urea groups is 1. The number of carbonyl (C=O) groups is 3. The number of carboxylic acid groups (broad SMARTS) is 2. The van der Waals surface area contributed by atoms with Crippen molar-refractivity contribution in [1.82, 2.24) is 10.6 Å². The van der Waals surface area contributed by atoms with Gasteiger partial charge in [-0.15, -0.1) is 0 Å². The van der Waals surface area contributed by atoms with Crippen molar-refractivity contribution in [2.24, 2.45) is 0 Å². The van der Waals surface area contributed by atoms with Crippen LogP contribution in [-0.4, -0.2) is 40.3 Å². The lowest BCUT2D eigenvalue weighted by Gasteiger charge is -2.16. The van der Waals surface area contributed by atoms with Crippen LogP contribution in [0.15, 0.2) is 0 Å². The van der Waals surface area contributed by atoms with Gasteiger partial charge in [-0.05, 0) is 19.8 Å². The van der Waals surface area contributed by atoms with Gasteiger partial charge in [-0.2, -0.15) is 0 Å². The Hall–Kier alpha value is -1.79. The van der Waals surface area contributed by atoms with Crippen LogP contribution in [0.5, 0.6) is 0 Å². The molecule has 4 N–H and O–H groups in total. The molecule has 0 aromatic carbocycles. The van der Waals surface area contributed by atoms with Crippen LogP contribution < -0.4 is 10.6 Å². The Balaban J connectivity index is 4.20. The van der Waals surface area contributed by atoms with E-state index in [0.717, 1.165) is 6.42 Å².